The van der Waals surface area contributed by atoms with E-state index in [1.807, 2.05) is 0 Å². The van der Waals surface area contributed by atoms with Gasteiger partial charge in [0.1, 0.15) is 12.1 Å². The fourth-order valence-electron chi connectivity index (χ4n) is 1.22. The van der Waals surface area contributed by atoms with Crippen molar-refractivity contribution in [3.63, 3.8) is 0 Å². The molecule has 1 heterocycles. The minimum absolute atomic E-state index is 0.268. The predicted molar refractivity (Wildman–Crippen MR) is 56.2 cm³/mol. The minimum Gasteiger partial charge on any atom is -0.472 e. The average molecular weight is 269 g/mol. The molecule has 0 bridgehead atoms. The first-order chi connectivity index (χ1) is 7.18. The maximum absolute atomic E-state index is 13.0. The SMILES string of the molecule is O=C(c1ccoc1)c1cc(F)ccc1Br. The molecule has 1 aromatic heterocycles. The van der Waals surface area contributed by atoms with Crippen molar-refractivity contribution < 1.29 is 13.6 Å². The zero-order valence-electron chi connectivity index (χ0n) is 7.54. The van der Waals surface area contributed by atoms with Crippen LogP contribution in [0.2, 0.25) is 0 Å². The summed E-state index contributed by atoms with van der Waals surface area (Å²) in [7, 11) is 0. The van der Waals surface area contributed by atoms with Gasteiger partial charge < -0.3 is 4.42 Å². The lowest BCUT2D eigenvalue weighted by Gasteiger charge is -2.01. The summed E-state index contributed by atoms with van der Waals surface area (Å²) in [5.74, 6) is -0.708. The van der Waals surface area contributed by atoms with Crippen molar-refractivity contribution in [2.24, 2.45) is 0 Å². The predicted octanol–water partition coefficient (Wildman–Crippen LogP) is 3.41. The molecule has 15 heavy (non-hydrogen) atoms. The first-order valence-corrected chi connectivity index (χ1v) is 5.00. The molecule has 2 rings (SSSR count). The van der Waals surface area contributed by atoms with Crippen molar-refractivity contribution in [1.29, 1.82) is 0 Å². The number of rotatable bonds is 2. The lowest BCUT2D eigenvalue weighted by atomic mass is 10.1. The van der Waals surface area contributed by atoms with Crippen LogP contribution < -0.4 is 0 Å². The van der Waals surface area contributed by atoms with Gasteiger partial charge in [-0.25, -0.2) is 4.39 Å². The highest BCUT2D eigenvalue weighted by Gasteiger charge is 2.14. The van der Waals surface area contributed by atoms with E-state index in [9.17, 15) is 9.18 Å². The van der Waals surface area contributed by atoms with Crippen molar-refractivity contribution in [2.45, 2.75) is 0 Å². The van der Waals surface area contributed by atoms with Gasteiger partial charge in [0.2, 0.25) is 0 Å². The van der Waals surface area contributed by atoms with Gasteiger partial charge in [-0.15, -0.1) is 0 Å². The van der Waals surface area contributed by atoms with E-state index in [1.165, 1.54) is 30.7 Å². The van der Waals surface area contributed by atoms with E-state index in [4.69, 9.17) is 4.42 Å². The molecule has 2 aromatic rings. The molecular weight excluding hydrogens is 263 g/mol. The number of carbonyl (C=O) groups excluding carboxylic acids is 1. The van der Waals surface area contributed by atoms with Gasteiger partial charge in [0, 0.05) is 10.0 Å². The summed E-state index contributed by atoms with van der Waals surface area (Å²) in [5.41, 5.74) is 0.692. The molecule has 76 valence electrons. The fourth-order valence-corrected chi connectivity index (χ4v) is 1.65. The van der Waals surface area contributed by atoms with Gasteiger partial charge >= 0.3 is 0 Å². The second-order valence-corrected chi connectivity index (χ2v) is 3.82. The highest BCUT2D eigenvalue weighted by Crippen LogP contribution is 2.21. The summed E-state index contributed by atoms with van der Waals surface area (Å²) in [4.78, 5) is 11.8. The molecule has 0 saturated carbocycles. The number of ketones is 1. The first-order valence-electron chi connectivity index (χ1n) is 4.20. The number of hydrogen-bond donors (Lipinski definition) is 0. The zero-order chi connectivity index (χ0) is 10.8. The van der Waals surface area contributed by atoms with E-state index in [2.05, 4.69) is 15.9 Å². The van der Waals surface area contributed by atoms with Crippen molar-refractivity contribution in [3.05, 3.63) is 58.2 Å². The summed E-state index contributed by atoms with van der Waals surface area (Å²) in [5, 5.41) is 0. The highest BCUT2D eigenvalue weighted by atomic mass is 79.9. The Bertz CT molecular complexity index is 491. The highest BCUT2D eigenvalue weighted by molar-refractivity contribution is 9.10. The molecule has 0 atom stereocenters. The molecule has 0 aliphatic carbocycles. The molecule has 2 nitrogen and oxygen atoms in total. The van der Waals surface area contributed by atoms with Crippen LogP contribution >= 0.6 is 15.9 Å². The van der Waals surface area contributed by atoms with Crippen LogP contribution in [0.4, 0.5) is 4.39 Å². The summed E-state index contributed by atoms with van der Waals surface area (Å²) < 4.78 is 18.3. The standard InChI is InChI=1S/C11H6BrFO2/c12-10-2-1-8(13)5-9(10)11(14)7-3-4-15-6-7/h1-6H. The van der Waals surface area contributed by atoms with Gasteiger partial charge in [-0.2, -0.15) is 0 Å². The number of halogens is 2. The van der Waals surface area contributed by atoms with Crippen molar-refractivity contribution >= 4 is 21.7 Å². The van der Waals surface area contributed by atoms with Gasteiger partial charge in [0.15, 0.2) is 5.78 Å². The topological polar surface area (TPSA) is 30.2 Å². The number of carbonyl (C=O) groups is 1. The van der Waals surface area contributed by atoms with Crippen LogP contribution in [0.3, 0.4) is 0 Å². The normalized spacial score (nSPS) is 10.3. The largest absolute Gasteiger partial charge is 0.472 e. The first kappa shape index (κ1) is 10.1. The molecule has 0 saturated heterocycles. The van der Waals surface area contributed by atoms with Crippen molar-refractivity contribution in [2.75, 3.05) is 0 Å². The Morgan fingerprint density at radius 3 is 2.80 bits per heavy atom. The fraction of sp³-hybridized carbons (Fsp3) is 0. The Kier molecular flexibility index (Phi) is 2.68. The van der Waals surface area contributed by atoms with Crippen LogP contribution in [0.5, 0.6) is 0 Å². The molecule has 0 fully saturated rings. The zero-order valence-corrected chi connectivity index (χ0v) is 9.12. The van der Waals surface area contributed by atoms with E-state index in [-0.39, 0.29) is 11.3 Å². The Labute approximate surface area is 93.8 Å². The van der Waals surface area contributed by atoms with Gasteiger partial charge in [-0.1, -0.05) is 15.9 Å². The Morgan fingerprint density at radius 2 is 2.13 bits per heavy atom. The van der Waals surface area contributed by atoms with E-state index < -0.39 is 5.82 Å². The van der Waals surface area contributed by atoms with Crippen LogP contribution in [0.15, 0.2) is 45.7 Å². The van der Waals surface area contributed by atoms with E-state index >= 15 is 0 Å². The third-order valence-electron chi connectivity index (χ3n) is 1.96. The second-order valence-electron chi connectivity index (χ2n) is 2.97. The summed E-state index contributed by atoms with van der Waals surface area (Å²) in [6, 6.07) is 5.53. The van der Waals surface area contributed by atoms with Gasteiger partial charge in [-0.05, 0) is 24.3 Å². The molecule has 0 spiro atoms. The molecule has 0 amide bonds. The van der Waals surface area contributed by atoms with Crippen molar-refractivity contribution in [3.8, 4) is 0 Å². The van der Waals surface area contributed by atoms with Crippen molar-refractivity contribution in [1.82, 2.24) is 0 Å². The minimum atomic E-state index is -0.440. The van der Waals surface area contributed by atoms with E-state index in [1.54, 1.807) is 6.07 Å². The van der Waals surface area contributed by atoms with Crippen LogP contribution in [-0.4, -0.2) is 5.78 Å². The maximum Gasteiger partial charge on any atom is 0.197 e. The molecule has 0 aliphatic heterocycles. The third kappa shape index (κ3) is 1.99. The molecule has 0 unspecified atom stereocenters. The quantitative estimate of drug-likeness (QED) is 0.782. The molecule has 4 heteroatoms. The Hall–Kier alpha value is -1.42. The summed E-state index contributed by atoms with van der Waals surface area (Å²) >= 11 is 3.20. The molecule has 0 aliphatic rings. The van der Waals surface area contributed by atoms with Crippen LogP contribution in [0.25, 0.3) is 0 Å². The van der Waals surface area contributed by atoms with Crippen LogP contribution in [0.1, 0.15) is 15.9 Å². The Morgan fingerprint density at radius 1 is 1.33 bits per heavy atom. The third-order valence-corrected chi connectivity index (χ3v) is 2.65. The average Bonchev–Trinajstić information content (AvgIpc) is 2.74. The Balaban J connectivity index is 2.46. The molecule has 0 radical (unpaired) electrons. The molecule has 0 N–H and O–H groups in total. The van der Waals surface area contributed by atoms with E-state index in [0.717, 1.165) is 0 Å². The molecule has 1 aromatic carbocycles. The smallest absolute Gasteiger partial charge is 0.197 e. The number of hydrogen-bond acceptors (Lipinski definition) is 2. The van der Waals surface area contributed by atoms with Crippen LogP contribution in [-0.2, 0) is 0 Å². The second kappa shape index (κ2) is 3.98. The van der Waals surface area contributed by atoms with Crippen LogP contribution in [0, 0.1) is 5.82 Å². The maximum atomic E-state index is 13.0. The lowest BCUT2D eigenvalue weighted by molar-refractivity contribution is 0.103. The van der Waals surface area contributed by atoms with Gasteiger partial charge in [0.25, 0.3) is 0 Å². The monoisotopic (exact) mass is 268 g/mol. The lowest BCUT2D eigenvalue weighted by Crippen LogP contribution is -2.01. The number of furan rings is 1. The molecular formula is C11H6BrFO2. The van der Waals surface area contributed by atoms with Gasteiger partial charge in [0.05, 0.1) is 11.8 Å². The summed E-state index contributed by atoms with van der Waals surface area (Å²) in [6.07, 6.45) is 2.74. The van der Waals surface area contributed by atoms with Gasteiger partial charge in [-0.3, -0.25) is 4.79 Å². The van der Waals surface area contributed by atoms with E-state index in [0.29, 0.717) is 10.0 Å². The summed E-state index contributed by atoms with van der Waals surface area (Å²) in [6.45, 7) is 0. The number of benzene rings is 1.